The number of primary amides is 1. The molecule has 0 spiro atoms. The van der Waals surface area contributed by atoms with Crippen LogP contribution >= 0.6 is 11.9 Å². The number of rotatable bonds is 7. The van der Waals surface area contributed by atoms with E-state index < -0.39 is 5.91 Å². The smallest absolute Gasteiger partial charge is 0.267 e. The number of hydrogen-bond acceptors (Lipinski definition) is 7. The number of fused-ring (bicyclic) bond motifs is 1. The van der Waals surface area contributed by atoms with Crippen LogP contribution in [0.1, 0.15) is 46.4 Å². The van der Waals surface area contributed by atoms with Crippen LogP contribution in [0.3, 0.4) is 0 Å². The third-order valence-electron chi connectivity index (χ3n) is 5.35. The van der Waals surface area contributed by atoms with Gasteiger partial charge in [0, 0.05) is 24.2 Å². The van der Waals surface area contributed by atoms with Crippen LogP contribution < -0.4 is 15.9 Å². The molecule has 2 aromatic rings. The second-order valence-corrected chi connectivity index (χ2v) is 8.55. The number of nitrogens with two attached hydrogens (primary N) is 1. The van der Waals surface area contributed by atoms with Gasteiger partial charge in [0.2, 0.25) is 5.91 Å². The van der Waals surface area contributed by atoms with Gasteiger partial charge in [0.1, 0.15) is 10.7 Å². The number of hydrazone groups is 1. The Morgan fingerprint density at radius 1 is 1.29 bits per heavy atom. The highest BCUT2D eigenvalue weighted by Gasteiger charge is 2.22. The van der Waals surface area contributed by atoms with E-state index in [9.17, 15) is 9.59 Å². The van der Waals surface area contributed by atoms with E-state index in [1.807, 2.05) is 12.1 Å². The van der Waals surface area contributed by atoms with E-state index in [4.69, 9.17) is 11.1 Å². The van der Waals surface area contributed by atoms with Gasteiger partial charge in [-0.2, -0.15) is 5.10 Å². The summed E-state index contributed by atoms with van der Waals surface area (Å²) in [6.07, 6.45) is 8.33. The molecule has 0 aliphatic heterocycles. The van der Waals surface area contributed by atoms with Crippen LogP contribution in [0.2, 0.25) is 0 Å². The van der Waals surface area contributed by atoms with Crippen molar-refractivity contribution in [2.45, 2.75) is 44.6 Å². The summed E-state index contributed by atoms with van der Waals surface area (Å²) < 4.78 is 2.73. The Labute approximate surface area is 184 Å². The lowest BCUT2D eigenvalue weighted by molar-refractivity contribution is -0.118. The summed E-state index contributed by atoms with van der Waals surface area (Å²) in [5.41, 5.74) is 13.6. The van der Waals surface area contributed by atoms with Gasteiger partial charge in [-0.1, -0.05) is 12.1 Å². The molecular weight excluding hydrogens is 412 g/mol. The molecule has 2 aliphatic carbocycles. The van der Waals surface area contributed by atoms with E-state index >= 15 is 0 Å². The molecule has 1 aromatic carbocycles. The average molecular weight is 437 g/mol. The van der Waals surface area contributed by atoms with Crippen LogP contribution in [0.5, 0.6) is 0 Å². The number of hydrogen-bond donors (Lipinski definition) is 4. The molecule has 0 saturated heterocycles. The number of nitrogens with one attached hydrogen (secondary N) is 3. The first kappa shape index (κ1) is 21.0. The van der Waals surface area contributed by atoms with Gasteiger partial charge in [-0.3, -0.25) is 24.7 Å². The van der Waals surface area contributed by atoms with Crippen molar-refractivity contribution < 1.29 is 9.59 Å². The van der Waals surface area contributed by atoms with Crippen LogP contribution in [0.4, 0.5) is 0 Å². The topological polar surface area (TPSA) is 133 Å². The zero-order chi connectivity index (χ0) is 21.8. The molecule has 8 nitrogen and oxygen atoms in total. The minimum absolute atomic E-state index is 0.153. The monoisotopic (exact) mass is 436 g/mol. The first-order valence-corrected chi connectivity index (χ1v) is 11.1. The van der Waals surface area contributed by atoms with Crippen LogP contribution in [0.25, 0.3) is 11.1 Å². The van der Waals surface area contributed by atoms with Crippen LogP contribution in [-0.2, 0) is 24.1 Å². The fraction of sp³-hybridized carbons (Fsp3) is 0.318. The highest BCUT2D eigenvalue weighted by Crippen LogP contribution is 2.34. The SMILES string of the molecule is N=C(/C=N\NC1CC1)SNC(=O)Cc1c(-c2ccnc(C(N)=O)c2)ccc2c1CCC2. The largest absolute Gasteiger partial charge is 0.364 e. The molecule has 1 aromatic heterocycles. The number of pyridine rings is 1. The Balaban J connectivity index is 1.50. The molecule has 0 bridgehead atoms. The van der Waals surface area contributed by atoms with Crippen molar-refractivity contribution in [3.8, 4) is 11.1 Å². The molecule has 1 fully saturated rings. The molecule has 1 heterocycles. The Bertz CT molecular complexity index is 1060. The zero-order valence-corrected chi connectivity index (χ0v) is 17.8. The van der Waals surface area contributed by atoms with Gasteiger partial charge in [-0.05, 0) is 72.1 Å². The molecular formula is C22H24N6O2S. The molecule has 4 rings (SSSR count). The van der Waals surface area contributed by atoms with Crippen LogP contribution in [-0.4, -0.2) is 34.1 Å². The zero-order valence-electron chi connectivity index (χ0n) is 17.0. The minimum Gasteiger partial charge on any atom is -0.364 e. The molecule has 9 heteroatoms. The van der Waals surface area contributed by atoms with Gasteiger partial charge in [-0.25, -0.2) is 0 Å². The maximum absolute atomic E-state index is 12.7. The van der Waals surface area contributed by atoms with Gasteiger partial charge in [0.25, 0.3) is 5.91 Å². The highest BCUT2D eigenvalue weighted by atomic mass is 32.2. The predicted octanol–water partition coefficient (Wildman–Crippen LogP) is 2.36. The Morgan fingerprint density at radius 2 is 2.13 bits per heavy atom. The second-order valence-electron chi connectivity index (χ2n) is 7.71. The summed E-state index contributed by atoms with van der Waals surface area (Å²) in [4.78, 5) is 28.3. The van der Waals surface area contributed by atoms with Gasteiger partial charge in [0.15, 0.2) is 0 Å². The standard InChI is InChI=1S/C22H24N6O2S/c23-20(12-26-27-15-5-6-15)31-28-21(29)11-18-16-3-1-2-13(16)4-7-17(18)14-8-9-25-19(10-14)22(24)30/h4,7-10,12,15,23,27H,1-3,5-6,11H2,(H2,24,30)(H,28,29)/b23-20?,26-12-. The molecule has 2 aliphatic rings. The van der Waals surface area contributed by atoms with E-state index in [-0.39, 0.29) is 23.1 Å². The number of benzene rings is 1. The molecule has 5 N–H and O–H groups in total. The van der Waals surface area contributed by atoms with Crippen molar-refractivity contribution >= 4 is 35.0 Å². The summed E-state index contributed by atoms with van der Waals surface area (Å²) in [5, 5.41) is 12.1. The molecule has 0 radical (unpaired) electrons. The first-order chi connectivity index (χ1) is 15.0. The Morgan fingerprint density at radius 3 is 2.90 bits per heavy atom. The molecule has 160 valence electrons. The first-order valence-electron chi connectivity index (χ1n) is 10.2. The lowest BCUT2D eigenvalue weighted by atomic mass is 9.91. The molecule has 0 unspecified atom stereocenters. The predicted molar refractivity (Wildman–Crippen MR) is 122 cm³/mol. The van der Waals surface area contributed by atoms with E-state index in [1.165, 1.54) is 17.3 Å². The van der Waals surface area contributed by atoms with Gasteiger partial charge < -0.3 is 11.2 Å². The third kappa shape index (κ3) is 5.29. The average Bonchev–Trinajstić information content (AvgIpc) is 3.46. The number of amides is 2. The highest BCUT2D eigenvalue weighted by molar-refractivity contribution is 8.14. The Hall–Kier alpha value is -3.20. The fourth-order valence-electron chi connectivity index (χ4n) is 3.70. The van der Waals surface area contributed by atoms with Gasteiger partial charge in [0.05, 0.1) is 12.6 Å². The Kier molecular flexibility index (Phi) is 6.31. The quantitative estimate of drug-likeness (QED) is 0.229. The second kappa shape index (κ2) is 9.30. The van der Waals surface area contributed by atoms with E-state index in [2.05, 4.69) is 26.3 Å². The summed E-state index contributed by atoms with van der Waals surface area (Å²) in [5.74, 6) is -0.779. The molecule has 0 atom stereocenters. The summed E-state index contributed by atoms with van der Waals surface area (Å²) in [6, 6.07) is 7.99. The number of nitrogens with zero attached hydrogens (tertiary/aromatic N) is 2. The van der Waals surface area contributed by atoms with E-state index in [0.29, 0.717) is 6.04 Å². The number of carbonyl (C=O) groups excluding carboxylic acids is 2. The molecule has 1 saturated carbocycles. The van der Waals surface area contributed by atoms with Crippen LogP contribution in [0.15, 0.2) is 35.6 Å². The lowest BCUT2D eigenvalue weighted by Gasteiger charge is -2.15. The van der Waals surface area contributed by atoms with Crippen molar-refractivity contribution in [1.82, 2.24) is 15.1 Å². The minimum atomic E-state index is -0.588. The maximum Gasteiger partial charge on any atom is 0.267 e. The van der Waals surface area contributed by atoms with Crippen molar-refractivity contribution in [3.05, 3.63) is 52.8 Å². The fourth-order valence-corrected chi connectivity index (χ4v) is 4.10. The summed E-state index contributed by atoms with van der Waals surface area (Å²) >= 11 is 0.940. The molecule has 2 amide bonds. The number of aromatic nitrogens is 1. The van der Waals surface area contributed by atoms with E-state index in [0.717, 1.165) is 60.7 Å². The van der Waals surface area contributed by atoms with E-state index in [1.54, 1.807) is 12.3 Å². The lowest BCUT2D eigenvalue weighted by Crippen LogP contribution is -2.22. The summed E-state index contributed by atoms with van der Waals surface area (Å²) in [7, 11) is 0. The van der Waals surface area contributed by atoms with Crippen molar-refractivity contribution in [3.63, 3.8) is 0 Å². The number of carbonyl (C=O) groups is 2. The normalized spacial score (nSPS) is 15.0. The van der Waals surface area contributed by atoms with Crippen molar-refractivity contribution in [2.24, 2.45) is 10.8 Å². The molecule has 31 heavy (non-hydrogen) atoms. The maximum atomic E-state index is 12.7. The third-order valence-corrected chi connectivity index (χ3v) is 6.01. The van der Waals surface area contributed by atoms with Crippen molar-refractivity contribution in [1.29, 1.82) is 5.41 Å². The summed E-state index contributed by atoms with van der Waals surface area (Å²) in [6.45, 7) is 0. The van der Waals surface area contributed by atoms with Gasteiger partial charge in [-0.15, -0.1) is 0 Å². The van der Waals surface area contributed by atoms with Gasteiger partial charge >= 0.3 is 0 Å². The van der Waals surface area contributed by atoms with Crippen molar-refractivity contribution in [2.75, 3.05) is 0 Å². The number of aryl methyl sites for hydroxylation is 1. The van der Waals surface area contributed by atoms with Crippen LogP contribution in [0, 0.1) is 5.41 Å².